The zero-order chi connectivity index (χ0) is 10.9. The smallest absolute Gasteiger partial charge is 0.311 e. The Morgan fingerprint density at radius 1 is 1.67 bits per heavy atom. The molecule has 0 bridgehead atoms. The molecule has 0 aromatic carbocycles. The van der Waals surface area contributed by atoms with Crippen LogP contribution in [0.4, 0.5) is 0 Å². The third kappa shape index (κ3) is 1.92. The molecule has 0 amide bonds. The minimum atomic E-state index is -0.737. The summed E-state index contributed by atoms with van der Waals surface area (Å²) in [4.78, 5) is 11.4. The van der Waals surface area contributed by atoms with E-state index in [0.717, 1.165) is 18.4 Å². The lowest BCUT2D eigenvalue weighted by Crippen LogP contribution is -2.42. The van der Waals surface area contributed by atoms with E-state index in [1.165, 1.54) is 0 Å². The molecule has 4 heteroatoms. The van der Waals surface area contributed by atoms with Gasteiger partial charge in [0.15, 0.2) is 0 Å². The highest BCUT2D eigenvalue weighted by atomic mass is 32.1. The van der Waals surface area contributed by atoms with Crippen LogP contribution in [0.3, 0.4) is 0 Å². The standard InChI is InChI=1S/C11H15NO2S/c12-7-11(10(13)14,9-1-2-9)5-8-3-4-15-6-8/h3-4,6,9H,1-2,5,7,12H2,(H,13,14). The van der Waals surface area contributed by atoms with Crippen LogP contribution in [0.15, 0.2) is 16.8 Å². The van der Waals surface area contributed by atoms with E-state index in [4.69, 9.17) is 5.73 Å². The Labute approximate surface area is 92.9 Å². The average Bonchev–Trinajstić information content (AvgIpc) is 2.94. The molecule has 0 aliphatic heterocycles. The number of carboxylic acids is 1. The first-order valence-electron chi connectivity index (χ1n) is 5.13. The van der Waals surface area contributed by atoms with Crippen LogP contribution in [0, 0.1) is 11.3 Å². The fourth-order valence-electron chi connectivity index (χ4n) is 2.11. The highest BCUT2D eigenvalue weighted by molar-refractivity contribution is 7.07. The van der Waals surface area contributed by atoms with Crippen LogP contribution in [-0.4, -0.2) is 17.6 Å². The summed E-state index contributed by atoms with van der Waals surface area (Å²) in [5.41, 5.74) is 6.06. The summed E-state index contributed by atoms with van der Waals surface area (Å²) in [7, 11) is 0. The number of carboxylic acid groups (broad SMARTS) is 1. The van der Waals surface area contributed by atoms with Crippen molar-refractivity contribution >= 4 is 17.3 Å². The van der Waals surface area contributed by atoms with Crippen molar-refractivity contribution in [1.82, 2.24) is 0 Å². The lowest BCUT2D eigenvalue weighted by Gasteiger charge is -2.27. The van der Waals surface area contributed by atoms with Crippen LogP contribution in [0.25, 0.3) is 0 Å². The van der Waals surface area contributed by atoms with Gasteiger partial charge < -0.3 is 10.8 Å². The Morgan fingerprint density at radius 3 is 2.80 bits per heavy atom. The van der Waals surface area contributed by atoms with Crippen molar-refractivity contribution in [3.05, 3.63) is 22.4 Å². The molecule has 3 nitrogen and oxygen atoms in total. The molecule has 1 aromatic rings. The van der Waals surface area contributed by atoms with E-state index in [2.05, 4.69) is 0 Å². The fourth-order valence-corrected chi connectivity index (χ4v) is 2.78. The van der Waals surface area contributed by atoms with Gasteiger partial charge in [-0.3, -0.25) is 4.79 Å². The van der Waals surface area contributed by atoms with E-state index in [-0.39, 0.29) is 12.5 Å². The summed E-state index contributed by atoms with van der Waals surface area (Å²) in [5, 5.41) is 13.3. The maximum absolute atomic E-state index is 11.4. The Hall–Kier alpha value is -0.870. The summed E-state index contributed by atoms with van der Waals surface area (Å²) >= 11 is 1.60. The number of thiophene rings is 1. The lowest BCUT2D eigenvalue weighted by molar-refractivity contribution is -0.149. The van der Waals surface area contributed by atoms with Gasteiger partial charge in [-0.15, -0.1) is 0 Å². The molecule has 0 radical (unpaired) electrons. The molecule has 0 saturated heterocycles. The molecule has 1 aliphatic rings. The Balaban J connectivity index is 2.21. The second-order valence-corrected chi connectivity index (χ2v) is 5.03. The molecule has 0 spiro atoms. The van der Waals surface area contributed by atoms with E-state index in [0.29, 0.717) is 6.42 Å². The topological polar surface area (TPSA) is 63.3 Å². The monoisotopic (exact) mass is 225 g/mol. The fraction of sp³-hybridized carbons (Fsp3) is 0.545. The molecular weight excluding hydrogens is 210 g/mol. The molecule has 1 aromatic heterocycles. The summed E-state index contributed by atoms with van der Waals surface area (Å²) in [6.07, 6.45) is 2.59. The van der Waals surface area contributed by atoms with E-state index >= 15 is 0 Å². The lowest BCUT2D eigenvalue weighted by atomic mass is 9.77. The molecule has 2 rings (SSSR count). The van der Waals surface area contributed by atoms with Crippen LogP contribution in [-0.2, 0) is 11.2 Å². The van der Waals surface area contributed by atoms with Gasteiger partial charge in [-0.1, -0.05) is 0 Å². The molecule has 1 unspecified atom stereocenters. The minimum Gasteiger partial charge on any atom is -0.481 e. The number of nitrogens with two attached hydrogens (primary N) is 1. The van der Waals surface area contributed by atoms with Crippen LogP contribution >= 0.6 is 11.3 Å². The second kappa shape index (κ2) is 3.94. The molecule has 3 N–H and O–H groups in total. The normalized spacial score (nSPS) is 19.8. The van der Waals surface area contributed by atoms with Crippen LogP contribution in [0.1, 0.15) is 18.4 Å². The molecule has 1 fully saturated rings. The van der Waals surface area contributed by atoms with E-state index < -0.39 is 11.4 Å². The third-order valence-electron chi connectivity index (χ3n) is 3.25. The van der Waals surface area contributed by atoms with Gasteiger partial charge in [0, 0.05) is 6.54 Å². The molecule has 82 valence electrons. The van der Waals surface area contributed by atoms with Crippen molar-refractivity contribution in [2.24, 2.45) is 17.1 Å². The van der Waals surface area contributed by atoms with Gasteiger partial charge >= 0.3 is 5.97 Å². The van der Waals surface area contributed by atoms with Crippen LogP contribution in [0.5, 0.6) is 0 Å². The summed E-state index contributed by atoms with van der Waals surface area (Å²) in [6.45, 7) is 0.239. The van der Waals surface area contributed by atoms with Crippen molar-refractivity contribution in [2.45, 2.75) is 19.3 Å². The summed E-state index contributed by atoms with van der Waals surface area (Å²) in [6, 6.07) is 1.99. The molecule has 1 saturated carbocycles. The summed E-state index contributed by atoms with van der Waals surface area (Å²) < 4.78 is 0. The molecule has 1 aliphatic carbocycles. The minimum absolute atomic E-state index is 0.239. The number of hydrogen-bond acceptors (Lipinski definition) is 3. The summed E-state index contributed by atoms with van der Waals surface area (Å²) in [5.74, 6) is -0.460. The molecule has 1 atom stereocenters. The number of carbonyl (C=O) groups is 1. The van der Waals surface area contributed by atoms with Crippen LogP contribution in [0.2, 0.25) is 0 Å². The van der Waals surface area contributed by atoms with Crippen molar-refractivity contribution < 1.29 is 9.90 Å². The highest BCUT2D eigenvalue weighted by Gasteiger charge is 2.50. The maximum atomic E-state index is 11.4. The van der Waals surface area contributed by atoms with E-state index in [9.17, 15) is 9.90 Å². The van der Waals surface area contributed by atoms with Gasteiger partial charge in [-0.25, -0.2) is 0 Å². The molecular formula is C11H15NO2S. The SMILES string of the molecule is NCC(Cc1ccsc1)(C(=O)O)C1CC1. The van der Waals surface area contributed by atoms with E-state index in [1.54, 1.807) is 11.3 Å². The predicted molar refractivity (Wildman–Crippen MR) is 59.9 cm³/mol. The zero-order valence-electron chi connectivity index (χ0n) is 8.48. The second-order valence-electron chi connectivity index (χ2n) is 4.25. The Kier molecular flexibility index (Phi) is 2.80. The average molecular weight is 225 g/mol. The molecule has 1 heterocycles. The Bertz CT molecular complexity index is 345. The first kappa shape index (κ1) is 10.6. The van der Waals surface area contributed by atoms with Crippen molar-refractivity contribution in [3.8, 4) is 0 Å². The number of hydrogen-bond donors (Lipinski definition) is 2. The molecule has 15 heavy (non-hydrogen) atoms. The van der Waals surface area contributed by atoms with Crippen molar-refractivity contribution in [2.75, 3.05) is 6.54 Å². The largest absolute Gasteiger partial charge is 0.481 e. The number of aliphatic carboxylic acids is 1. The first-order chi connectivity index (χ1) is 7.19. The Morgan fingerprint density at radius 2 is 2.40 bits per heavy atom. The van der Waals surface area contributed by atoms with Gasteiger partial charge in [0.1, 0.15) is 0 Å². The third-order valence-corrected chi connectivity index (χ3v) is 3.98. The zero-order valence-corrected chi connectivity index (χ0v) is 9.30. The van der Waals surface area contributed by atoms with Gasteiger partial charge in [-0.2, -0.15) is 11.3 Å². The number of rotatable bonds is 5. The van der Waals surface area contributed by atoms with Crippen molar-refractivity contribution in [1.29, 1.82) is 0 Å². The van der Waals surface area contributed by atoms with Gasteiger partial charge in [-0.05, 0) is 47.6 Å². The quantitative estimate of drug-likeness (QED) is 0.802. The highest BCUT2D eigenvalue weighted by Crippen LogP contribution is 2.47. The van der Waals surface area contributed by atoms with Crippen LogP contribution < -0.4 is 5.73 Å². The van der Waals surface area contributed by atoms with E-state index in [1.807, 2.05) is 16.8 Å². The van der Waals surface area contributed by atoms with Gasteiger partial charge in [0.05, 0.1) is 5.41 Å². The maximum Gasteiger partial charge on any atom is 0.311 e. The van der Waals surface area contributed by atoms with Gasteiger partial charge in [0.25, 0.3) is 0 Å². The van der Waals surface area contributed by atoms with Crippen molar-refractivity contribution in [3.63, 3.8) is 0 Å². The first-order valence-corrected chi connectivity index (χ1v) is 6.08. The predicted octanol–water partition coefficient (Wildman–Crippen LogP) is 1.73. The van der Waals surface area contributed by atoms with Gasteiger partial charge in [0.2, 0.25) is 0 Å².